The van der Waals surface area contributed by atoms with E-state index in [9.17, 15) is 4.79 Å². The summed E-state index contributed by atoms with van der Waals surface area (Å²) in [6.45, 7) is 4.72. The van der Waals surface area contributed by atoms with Gasteiger partial charge in [0, 0.05) is 22.5 Å². The van der Waals surface area contributed by atoms with Crippen molar-refractivity contribution < 1.29 is 9.90 Å². The van der Waals surface area contributed by atoms with Crippen LogP contribution in [-0.2, 0) is 4.79 Å². The first kappa shape index (κ1) is 15.5. The van der Waals surface area contributed by atoms with Gasteiger partial charge < -0.3 is 10.4 Å². The van der Waals surface area contributed by atoms with Gasteiger partial charge in [-0.1, -0.05) is 15.9 Å². The molecule has 2 N–H and O–H groups in total. The molecule has 3 nitrogen and oxygen atoms in total. The van der Waals surface area contributed by atoms with E-state index in [0.29, 0.717) is 18.7 Å². The highest BCUT2D eigenvalue weighted by Crippen LogP contribution is 2.28. The summed E-state index contributed by atoms with van der Waals surface area (Å²) in [6.07, 6.45) is 0.604. The molecule has 0 radical (unpaired) electrons. The number of benzene rings is 1. The van der Waals surface area contributed by atoms with Gasteiger partial charge in [0.2, 0.25) is 5.91 Å². The molecule has 0 saturated carbocycles. The monoisotopic (exact) mass is 331 g/mol. The normalized spacial score (nSPS) is 10.4. The second-order valence-electron chi connectivity index (χ2n) is 4.08. The molecule has 0 bridgehead atoms. The van der Waals surface area contributed by atoms with Crippen LogP contribution in [0.15, 0.2) is 21.5 Å². The minimum absolute atomic E-state index is 0.00780. The molecular weight excluding hydrogens is 314 g/mol. The number of aryl methyl sites for hydroxylation is 2. The van der Waals surface area contributed by atoms with E-state index in [-0.39, 0.29) is 12.5 Å². The molecule has 0 atom stereocenters. The first-order chi connectivity index (χ1) is 8.54. The SMILES string of the molecule is Cc1cc(SCC(=O)NCCCO)c(C)cc1Br. The second kappa shape index (κ2) is 7.81. The van der Waals surface area contributed by atoms with Crippen molar-refractivity contribution in [2.24, 2.45) is 0 Å². The summed E-state index contributed by atoms with van der Waals surface area (Å²) in [6, 6.07) is 4.16. The van der Waals surface area contributed by atoms with E-state index in [1.54, 1.807) is 11.8 Å². The maximum absolute atomic E-state index is 11.5. The number of aliphatic hydroxyl groups is 1. The Morgan fingerprint density at radius 2 is 2.11 bits per heavy atom. The molecule has 1 amide bonds. The smallest absolute Gasteiger partial charge is 0.230 e. The van der Waals surface area contributed by atoms with Crippen molar-refractivity contribution in [1.82, 2.24) is 5.32 Å². The van der Waals surface area contributed by atoms with Gasteiger partial charge in [-0.15, -0.1) is 11.8 Å². The Labute approximate surface area is 120 Å². The third kappa shape index (κ3) is 5.00. The summed E-state index contributed by atoms with van der Waals surface area (Å²) in [5.41, 5.74) is 2.34. The zero-order chi connectivity index (χ0) is 13.5. The molecule has 0 aromatic heterocycles. The number of nitrogens with one attached hydrogen (secondary N) is 1. The average molecular weight is 332 g/mol. The number of aliphatic hydroxyl groups excluding tert-OH is 1. The van der Waals surface area contributed by atoms with E-state index in [0.717, 1.165) is 9.37 Å². The van der Waals surface area contributed by atoms with Gasteiger partial charge in [-0.25, -0.2) is 0 Å². The molecule has 0 aliphatic heterocycles. The lowest BCUT2D eigenvalue weighted by Crippen LogP contribution is -2.26. The molecule has 1 aromatic rings. The predicted molar refractivity (Wildman–Crippen MR) is 79.1 cm³/mol. The number of halogens is 1. The van der Waals surface area contributed by atoms with Crippen LogP contribution in [0, 0.1) is 13.8 Å². The number of hydrogen-bond donors (Lipinski definition) is 2. The number of rotatable bonds is 6. The molecule has 0 fully saturated rings. The largest absolute Gasteiger partial charge is 0.396 e. The van der Waals surface area contributed by atoms with E-state index in [1.807, 2.05) is 13.8 Å². The molecule has 5 heteroatoms. The molecule has 0 spiro atoms. The maximum atomic E-state index is 11.5. The maximum Gasteiger partial charge on any atom is 0.230 e. The molecule has 0 saturated heterocycles. The van der Waals surface area contributed by atoms with E-state index in [4.69, 9.17) is 5.11 Å². The minimum atomic E-state index is 0.00780. The first-order valence-electron chi connectivity index (χ1n) is 5.81. The average Bonchev–Trinajstić information content (AvgIpc) is 2.32. The topological polar surface area (TPSA) is 49.3 Å². The molecule has 1 rings (SSSR count). The van der Waals surface area contributed by atoms with E-state index < -0.39 is 0 Å². The molecular formula is C13H18BrNO2S. The highest BCUT2D eigenvalue weighted by molar-refractivity contribution is 9.10. The van der Waals surface area contributed by atoms with Crippen LogP contribution in [0.2, 0.25) is 0 Å². The molecule has 1 aromatic carbocycles. The molecule has 18 heavy (non-hydrogen) atoms. The third-order valence-electron chi connectivity index (χ3n) is 2.47. The van der Waals surface area contributed by atoms with E-state index >= 15 is 0 Å². The van der Waals surface area contributed by atoms with Crippen molar-refractivity contribution in [3.8, 4) is 0 Å². The Kier molecular flexibility index (Phi) is 6.75. The van der Waals surface area contributed by atoms with E-state index in [2.05, 4.69) is 33.4 Å². The van der Waals surface area contributed by atoms with Crippen LogP contribution in [0.4, 0.5) is 0 Å². The third-order valence-corrected chi connectivity index (χ3v) is 4.48. The van der Waals surface area contributed by atoms with Gasteiger partial charge in [0.05, 0.1) is 5.75 Å². The standard InChI is InChI=1S/C13H18BrNO2S/c1-9-7-12(10(2)6-11(9)14)18-8-13(17)15-4-3-5-16/h6-7,16H,3-5,8H2,1-2H3,(H,15,17). The van der Waals surface area contributed by atoms with Crippen molar-refractivity contribution in [2.75, 3.05) is 18.9 Å². The van der Waals surface area contributed by atoms with Gasteiger partial charge in [-0.3, -0.25) is 4.79 Å². The highest BCUT2D eigenvalue weighted by Gasteiger charge is 2.06. The molecule has 0 unspecified atom stereocenters. The number of carbonyl (C=O) groups excluding carboxylic acids is 1. The Hall–Kier alpha value is -0.520. The Bertz CT molecular complexity index is 424. The van der Waals surface area contributed by atoms with Gasteiger partial charge >= 0.3 is 0 Å². The van der Waals surface area contributed by atoms with Crippen LogP contribution >= 0.6 is 27.7 Å². The van der Waals surface area contributed by atoms with Gasteiger partial charge in [0.15, 0.2) is 0 Å². The lowest BCUT2D eigenvalue weighted by Gasteiger charge is -2.09. The zero-order valence-electron chi connectivity index (χ0n) is 10.6. The quantitative estimate of drug-likeness (QED) is 0.622. The van der Waals surface area contributed by atoms with Gasteiger partial charge in [-0.2, -0.15) is 0 Å². The molecule has 0 heterocycles. The fourth-order valence-electron chi connectivity index (χ4n) is 1.41. The lowest BCUT2D eigenvalue weighted by molar-refractivity contribution is -0.118. The summed E-state index contributed by atoms with van der Waals surface area (Å²) in [4.78, 5) is 12.7. The Morgan fingerprint density at radius 3 is 2.78 bits per heavy atom. The minimum Gasteiger partial charge on any atom is -0.396 e. The molecule has 100 valence electrons. The Balaban J connectivity index is 2.48. The lowest BCUT2D eigenvalue weighted by atomic mass is 10.2. The number of hydrogen-bond acceptors (Lipinski definition) is 3. The van der Waals surface area contributed by atoms with Crippen LogP contribution in [0.25, 0.3) is 0 Å². The Morgan fingerprint density at radius 1 is 1.39 bits per heavy atom. The van der Waals surface area contributed by atoms with Crippen LogP contribution in [0.1, 0.15) is 17.5 Å². The van der Waals surface area contributed by atoms with Crippen LogP contribution < -0.4 is 5.32 Å². The number of amides is 1. The second-order valence-corrected chi connectivity index (χ2v) is 5.95. The summed E-state index contributed by atoms with van der Waals surface area (Å²) in [5, 5.41) is 11.4. The highest BCUT2D eigenvalue weighted by atomic mass is 79.9. The van der Waals surface area contributed by atoms with Crippen molar-refractivity contribution >= 4 is 33.6 Å². The van der Waals surface area contributed by atoms with Gasteiger partial charge in [0.25, 0.3) is 0 Å². The van der Waals surface area contributed by atoms with E-state index in [1.165, 1.54) is 11.1 Å². The summed E-state index contributed by atoms with van der Waals surface area (Å²) >= 11 is 5.03. The zero-order valence-corrected chi connectivity index (χ0v) is 13.0. The van der Waals surface area contributed by atoms with Crippen molar-refractivity contribution in [2.45, 2.75) is 25.2 Å². The van der Waals surface area contributed by atoms with Gasteiger partial charge in [0.1, 0.15) is 0 Å². The fourth-order valence-corrected chi connectivity index (χ4v) is 2.80. The van der Waals surface area contributed by atoms with Crippen LogP contribution in [-0.4, -0.2) is 29.9 Å². The number of carbonyl (C=O) groups is 1. The molecule has 0 aliphatic rings. The number of thioether (sulfide) groups is 1. The van der Waals surface area contributed by atoms with Crippen LogP contribution in [0.5, 0.6) is 0 Å². The predicted octanol–water partition coefficient (Wildman–Crippen LogP) is 2.66. The van der Waals surface area contributed by atoms with Crippen molar-refractivity contribution in [3.63, 3.8) is 0 Å². The molecule has 0 aliphatic carbocycles. The summed E-state index contributed by atoms with van der Waals surface area (Å²) in [5.74, 6) is 0.418. The fraction of sp³-hybridized carbons (Fsp3) is 0.462. The van der Waals surface area contributed by atoms with Gasteiger partial charge in [-0.05, 0) is 43.5 Å². The van der Waals surface area contributed by atoms with Crippen LogP contribution in [0.3, 0.4) is 0 Å². The van der Waals surface area contributed by atoms with Crippen molar-refractivity contribution in [1.29, 1.82) is 0 Å². The summed E-state index contributed by atoms with van der Waals surface area (Å²) in [7, 11) is 0. The first-order valence-corrected chi connectivity index (χ1v) is 7.59. The summed E-state index contributed by atoms with van der Waals surface area (Å²) < 4.78 is 1.09. The van der Waals surface area contributed by atoms with Crippen molar-refractivity contribution in [3.05, 3.63) is 27.7 Å².